The van der Waals surface area contributed by atoms with Crippen molar-refractivity contribution in [3.8, 4) is 0 Å². The predicted octanol–water partition coefficient (Wildman–Crippen LogP) is 1.23. The van der Waals surface area contributed by atoms with Crippen LogP contribution in [0.25, 0.3) is 0 Å². The Balaban J connectivity index is 1.64. The van der Waals surface area contributed by atoms with E-state index in [0.29, 0.717) is 24.3 Å². The van der Waals surface area contributed by atoms with Gasteiger partial charge in [0.15, 0.2) is 0 Å². The van der Waals surface area contributed by atoms with Crippen molar-refractivity contribution in [2.75, 3.05) is 13.1 Å². The average Bonchev–Trinajstić information content (AvgIpc) is 3.38. The maximum Gasteiger partial charge on any atom is 0.317 e. The molecule has 2 aliphatic rings. The van der Waals surface area contributed by atoms with Crippen LogP contribution < -0.4 is 27.0 Å². The van der Waals surface area contributed by atoms with Crippen LogP contribution in [-0.4, -0.2) is 59.9 Å². The van der Waals surface area contributed by atoms with Crippen LogP contribution >= 0.6 is 0 Å². The summed E-state index contributed by atoms with van der Waals surface area (Å²) in [5, 5.41) is 28.8. The zero-order valence-electron chi connectivity index (χ0n) is 20.9. The Hall–Kier alpha value is -2.98. The van der Waals surface area contributed by atoms with E-state index in [9.17, 15) is 14.4 Å². The van der Waals surface area contributed by atoms with E-state index in [-0.39, 0.29) is 36.8 Å². The van der Waals surface area contributed by atoms with Crippen molar-refractivity contribution in [3.05, 3.63) is 35.4 Å². The van der Waals surface area contributed by atoms with E-state index in [2.05, 4.69) is 21.3 Å². The molecule has 36 heavy (non-hydrogen) atoms. The Morgan fingerprint density at radius 3 is 2.33 bits per heavy atom. The summed E-state index contributed by atoms with van der Waals surface area (Å²) in [4.78, 5) is 37.6. The highest BCUT2D eigenvalue weighted by Gasteiger charge is 2.30. The first-order chi connectivity index (χ1) is 17.3. The predicted molar refractivity (Wildman–Crippen MR) is 137 cm³/mol. The largest absolute Gasteiger partial charge is 0.480 e. The third kappa shape index (κ3) is 8.91. The van der Waals surface area contributed by atoms with Gasteiger partial charge < -0.3 is 26.8 Å². The van der Waals surface area contributed by atoms with Crippen molar-refractivity contribution < 1.29 is 19.5 Å². The number of nitrogens with one attached hydrogen (secondary N) is 5. The molecule has 1 aliphatic carbocycles. The molecule has 0 aromatic heterocycles. The summed E-state index contributed by atoms with van der Waals surface area (Å²) in [7, 11) is 0. The van der Waals surface area contributed by atoms with Crippen molar-refractivity contribution in [3.63, 3.8) is 0 Å². The molecule has 3 atom stereocenters. The van der Waals surface area contributed by atoms with Crippen LogP contribution in [0.3, 0.4) is 0 Å². The van der Waals surface area contributed by atoms with Gasteiger partial charge in [0.05, 0.1) is 12.6 Å². The van der Waals surface area contributed by atoms with Gasteiger partial charge in [-0.15, -0.1) is 0 Å². The third-order valence-electron chi connectivity index (χ3n) is 7.16. The van der Waals surface area contributed by atoms with E-state index in [4.69, 9.17) is 16.2 Å². The molecular formula is C26H40N6O4. The van der Waals surface area contributed by atoms with E-state index >= 15 is 0 Å². The Morgan fingerprint density at radius 2 is 1.72 bits per heavy atom. The number of nitrogen functional groups attached to an aromatic ring is 1. The molecule has 1 aromatic rings. The Morgan fingerprint density at radius 1 is 1.00 bits per heavy atom. The molecule has 0 radical (unpaired) electrons. The van der Waals surface area contributed by atoms with Gasteiger partial charge in [0.2, 0.25) is 11.8 Å². The Bertz CT molecular complexity index is 894. The molecule has 1 saturated carbocycles. The number of amides is 2. The lowest BCUT2D eigenvalue weighted by molar-refractivity contribution is -0.136. The minimum absolute atomic E-state index is 0.0169. The maximum atomic E-state index is 13.3. The summed E-state index contributed by atoms with van der Waals surface area (Å²) in [6, 6.07) is 5.82. The lowest BCUT2D eigenvalue weighted by atomic mass is 9.84. The molecule has 1 heterocycles. The summed E-state index contributed by atoms with van der Waals surface area (Å²) in [5.41, 5.74) is 6.97. The standard InChI is InChI=1S/C26H40N6O4/c27-24(28)19-10-8-18(9-11-19)15-31-25(35)22(14-20-7-4-12-29-20)32-26(36)21(30-16-23(33)34)13-17-5-2-1-3-6-17/h8-11,17,20-22,29-30H,1-7,12-16H2,(H3,27,28)(H,31,35)(H,32,36)(H,33,34)/t20?,21-,22-/m1/s1. The van der Waals surface area contributed by atoms with E-state index in [1.54, 1.807) is 24.3 Å². The molecule has 0 bridgehead atoms. The van der Waals surface area contributed by atoms with Gasteiger partial charge in [-0.25, -0.2) is 0 Å². The van der Waals surface area contributed by atoms with Crippen molar-refractivity contribution in [2.45, 2.75) is 82.5 Å². The number of benzene rings is 1. The normalized spacial score (nSPS) is 19.8. The number of hydrogen-bond acceptors (Lipinski definition) is 6. The molecule has 2 fully saturated rings. The average molecular weight is 501 g/mol. The summed E-state index contributed by atoms with van der Waals surface area (Å²) in [5.74, 6) is -1.26. The Labute approximate surface area is 212 Å². The molecule has 1 aliphatic heterocycles. The number of rotatable bonds is 13. The number of amidine groups is 1. The minimum atomic E-state index is -1.02. The van der Waals surface area contributed by atoms with Crippen LogP contribution in [0.15, 0.2) is 24.3 Å². The maximum absolute atomic E-state index is 13.3. The Kier molecular flexibility index (Phi) is 10.7. The lowest BCUT2D eigenvalue weighted by Crippen LogP contribution is -2.55. The summed E-state index contributed by atoms with van der Waals surface area (Å²) in [6.45, 7) is 0.867. The number of aliphatic carboxylic acids is 1. The zero-order chi connectivity index (χ0) is 25.9. The van der Waals surface area contributed by atoms with E-state index in [0.717, 1.165) is 50.6 Å². The first-order valence-electron chi connectivity index (χ1n) is 13.0. The molecule has 1 unspecified atom stereocenters. The van der Waals surface area contributed by atoms with Crippen LogP contribution in [-0.2, 0) is 20.9 Å². The van der Waals surface area contributed by atoms with Gasteiger partial charge >= 0.3 is 5.97 Å². The molecule has 10 heteroatoms. The van der Waals surface area contributed by atoms with Crippen LogP contribution in [0.1, 0.15) is 68.9 Å². The smallest absolute Gasteiger partial charge is 0.317 e. The highest BCUT2D eigenvalue weighted by atomic mass is 16.4. The fourth-order valence-corrected chi connectivity index (χ4v) is 5.11. The lowest BCUT2D eigenvalue weighted by Gasteiger charge is -2.28. The molecule has 0 spiro atoms. The van der Waals surface area contributed by atoms with Crippen LogP contribution in [0.5, 0.6) is 0 Å². The highest BCUT2D eigenvalue weighted by molar-refractivity contribution is 5.95. The first-order valence-corrected chi connectivity index (χ1v) is 13.0. The van der Waals surface area contributed by atoms with Gasteiger partial charge in [0.1, 0.15) is 11.9 Å². The third-order valence-corrected chi connectivity index (χ3v) is 7.16. The summed E-state index contributed by atoms with van der Waals surface area (Å²) < 4.78 is 0. The quantitative estimate of drug-likeness (QED) is 0.158. The van der Waals surface area contributed by atoms with Crippen LogP contribution in [0, 0.1) is 11.3 Å². The topological polar surface area (TPSA) is 169 Å². The minimum Gasteiger partial charge on any atom is -0.480 e. The molecule has 1 saturated heterocycles. The van der Waals surface area contributed by atoms with E-state index in [1.807, 2.05) is 0 Å². The second-order valence-corrected chi connectivity index (χ2v) is 9.99. The number of carbonyl (C=O) groups excluding carboxylic acids is 2. The van der Waals surface area contributed by atoms with Crippen LogP contribution in [0.2, 0.25) is 0 Å². The van der Waals surface area contributed by atoms with Crippen LogP contribution in [0.4, 0.5) is 0 Å². The molecule has 10 nitrogen and oxygen atoms in total. The summed E-state index contributed by atoms with van der Waals surface area (Å²) in [6.07, 6.45) is 8.54. The molecular weight excluding hydrogens is 460 g/mol. The second-order valence-electron chi connectivity index (χ2n) is 9.99. The molecule has 2 amide bonds. The second kappa shape index (κ2) is 13.9. The first kappa shape index (κ1) is 27.6. The zero-order valence-corrected chi connectivity index (χ0v) is 20.9. The summed E-state index contributed by atoms with van der Waals surface area (Å²) >= 11 is 0. The molecule has 198 valence electrons. The SMILES string of the molecule is N=C(N)c1ccc(CNC(=O)[C@@H](CC2CCCN2)NC(=O)[C@@H](CC2CCCCC2)NCC(=O)O)cc1. The highest BCUT2D eigenvalue weighted by Crippen LogP contribution is 2.27. The van der Waals surface area contributed by atoms with Gasteiger partial charge in [-0.05, 0) is 43.7 Å². The van der Waals surface area contributed by atoms with Crippen molar-refractivity contribution in [1.29, 1.82) is 5.41 Å². The van der Waals surface area contributed by atoms with E-state index in [1.165, 1.54) is 6.42 Å². The number of nitrogens with two attached hydrogens (primary N) is 1. The number of carbonyl (C=O) groups is 3. The van der Waals surface area contributed by atoms with Gasteiger partial charge in [-0.2, -0.15) is 0 Å². The van der Waals surface area contributed by atoms with Crippen molar-refractivity contribution in [1.82, 2.24) is 21.3 Å². The number of carboxylic acids is 1. The fourth-order valence-electron chi connectivity index (χ4n) is 5.11. The molecule has 1 aromatic carbocycles. The van der Waals surface area contributed by atoms with Crippen molar-refractivity contribution in [2.24, 2.45) is 11.7 Å². The molecule has 3 rings (SSSR count). The van der Waals surface area contributed by atoms with Gasteiger partial charge in [-0.1, -0.05) is 56.4 Å². The van der Waals surface area contributed by atoms with Gasteiger partial charge in [0.25, 0.3) is 0 Å². The van der Waals surface area contributed by atoms with Crippen molar-refractivity contribution >= 4 is 23.6 Å². The number of hydrogen-bond donors (Lipinski definition) is 7. The van der Waals surface area contributed by atoms with E-state index < -0.39 is 18.1 Å². The van der Waals surface area contributed by atoms with Gasteiger partial charge in [-0.3, -0.25) is 25.1 Å². The fraction of sp³-hybridized carbons (Fsp3) is 0.615. The monoisotopic (exact) mass is 500 g/mol. The van der Waals surface area contributed by atoms with Gasteiger partial charge in [0, 0.05) is 18.2 Å². The number of carboxylic acid groups (broad SMARTS) is 1. The molecule has 8 N–H and O–H groups in total.